The van der Waals surface area contributed by atoms with Gasteiger partial charge in [0, 0.05) is 96.0 Å². The summed E-state index contributed by atoms with van der Waals surface area (Å²) in [5, 5.41) is 0. The largest absolute Gasteiger partial charge is 0.494 e. The number of pyridine rings is 1. The molecule has 1 amide bonds. The number of carbonyl (C=O) groups excluding carboxylic acids is 1. The van der Waals surface area contributed by atoms with E-state index in [4.69, 9.17) is 23.7 Å². The van der Waals surface area contributed by atoms with Gasteiger partial charge in [-0.05, 0) is 113 Å². The molecule has 5 heterocycles. The first-order chi connectivity index (χ1) is 29.8. The van der Waals surface area contributed by atoms with Gasteiger partial charge in [-0.15, -0.1) is 0 Å². The molecule has 0 radical (unpaired) electrons. The molecule has 334 valence electrons. The van der Waals surface area contributed by atoms with E-state index in [1.54, 1.807) is 12.4 Å². The lowest BCUT2D eigenvalue weighted by atomic mass is 9.68. The van der Waals surface area contributed by atoms with Crippen LogP contribution in [-0.4, -0.2) is 148 Å². The fourth-order valence-electron chi connectivity index (χ4n) is 9.79. The van der Waals surface area contributed by atoms with Crippen LogP contribution in [0.3, 0.4) is 0 Å². The minimum atomic E-state index is -0.344. The Morgan fingerprint density at radius 2 is 1.31 bits per heavy atom. The molecule has 1 saturated carbocycles. The Morgan fingerprint density at radius 1 is 0.705 bits per heavy atom. The molecule has 0 bridgehead atoms. The lowest BCUT2D eigenvalue weighted by Gasteiger charge is -2.42. The number of rotatable bonds is 14. The third-order valence-electron chi connectivity index (χ3n) is 13.9. The van der Waals surface area contributed by atoms with Gasteiger partial charge < -0.3 is 38.4 Å². The summed E-state index contributed by atoms with van der Waals surface area (Å²) in [4.78, 5) is 27.1. The molecule has 5 fully saturated rings. The van der Waals surface area contributed by atoms with Crippen molar-refractivity contribution in [3.8, 4) is 17.2 Å². The van der Waals surface area contributed by atoms with Crippen LogP contribution in [-0.2, 0) is 25.1 Å². The van der Waals surface area contributed by atoms with Crippen molar-refractivity contribution in [3.05, 3.63) is 84.2 Å². The van der Waals surface area contributed by atoms with Crippen molar-refractivity contribution in [1.29, 1.82) is 0 Å². The zero-order chi connectivity index (χ0) is 42.3. The topological polar surface area (TPSA) is 89.1 Å². The first kappa shape index (κ1) is 45.3. The Bertz CT molecular complexity index is 1710. The van der Waals surface area contributed by atoms with Crippen LogP contribution in [0.15, 0.2) is 73.1 Å². The minimum absolute atomic E-state index is 0.0251. The Hall–Kier alpha value is -3.74. The maximum atomic E-state index is 13.7. The molecule has 0 N–H and O–H groups in total. The number of nitrogens with zero attached hydrogens (tertiary/aromatic N) is 5. The smallest absolute Gasteiger partial charge is 0.233 e. The Labute approximate surface area is 366 Å². The summed E-state index contributed by atoms with van der Waals surface area (Å²) in [5.74, 6) is 3.09. The number of likely N-dealkylation sites (N-methyl/N-ethyl adjacent to an activating group) is 1. The second kappa shape index (κ2) is 22.6. The summed E-state index contributed by atoms with van der Waals surface area (Å²) < 4.78 is 29.5. The molecule has 1 aromatic heterocycles. The van der Waals surface area contributed by atoms with E-state index < -0.39 is 0 Å². The van der Waals surface area contributed by atoms with Crippen LogP contribution in [0.25, 0.3) is 0 Å². The molecule has 11 nitrogen and oxygen atoms in total. The lowest BCUT2D eigenvalue weighted by Crippen LogP contribution is -2.54. The molecule has 61 heavy (non-hydrogen) atoms. The average Bonchev–Trinajstić information content (AvgIpc) is 3.32. The highest BCUT2D eigenvalue weighted by molar-refractivity contribution is 5.88. The summed E-state index contributed by atoms with van der Waals surface area (Å²) in [6, 6.07) is 21.6. The number of aromatic nitrogens is 1. The van der Waals surface area contributed by atoms with Crippen LogP contribution in [0.4, 0.5) is 0 Å². The molecule has 0 unspecified atom stereocenters. The first-order valence-electron chi connectivity index (χ1n) is 23.5. The minimum Gasteiger partial charge on any atom is -0.494 e. The fourth-order valence-corrected chi connectivity index (χ4v) is 9.79. The predicted octanol–water partition coefficient (Wildman–Crippen LogP) is 7.22. The standard InChI is InChI=1S/C25H39N3O3.C25H34N2O3/c1-26-13-15-28(16-14-26)24(29)25(10-3-2-4-11-25)22-6-8-23(9-7-22)31-19-5-12-27-17-20-30-21-18-27;1-20(2)27-15-9-24(10-16-27)30-23-5-3-21(4-6-23)25(11-17-28-18-12-25)19-29-22-7-13-26-14-8-22/h6-9H,2-5,10-21H2,1H3;3-8,13-14,20,24H,9-12,15-19H2,1-2H3. The van der Waals surface area contributed by atoms with Gasteiger partial charge in [0.15, 0.2) is 0 Å². The quantitative estimate of drug-likeness (QED) is 0.155. The van der Waals surface area contributed by atoms with Gasteiger partial charge in [-0.2, -0.15) is 0 Å². The fraction of sp³-hybridized carbons (Fsp3) is 0.640. The molecule has 5 aliphatic rings. The van der Waals surface area contributed by atoms with Crippen molar-refractivity contribution in [1.82, 2.24) is 24.6 Å². The van der Waals surface area contributed by atoms with Gasteiger partial charge in [0.25, 0.3) is 0 Å². The Balaban J connectivity index is 0.000000184. The zero-order valence-corrected chi connectivity index (χ0v) is 37.4. The van der Waals surface area contributed by atoms with Gasteiger partial charge in [0.2, 0.25) is 5.91 Å². The molecule has 11 heteroatoms. The first-order valence-corrected chi connectivity index (χ1v) is 23.5. The van der Waals surface area contributed by atoms with Crippen LogP contribution >= 0.6 is 0 Å². The number of hydrogen-bond acceptors (Lipinski definition) is 10. The van der Waals surface area contributed by atoms with Crippen molar-refractivity contribution in [2.75, 3.05) is 106 Å². The molecule has 0 atom stereocenters. The lowest BCUT2D eigenvalue weighted by molar-refractivity contribution is -0.140. The third-order valence-corrected chi connectivity index (χ3v) is 13.9. The number of piperazine rings is 1. The zero-order valence-electron chi connectivity index (χ0n) is 37.4. The van der Waals surface area contributed by atoms with Gasteiger partial charge in [0.05, 0.1) is 31.8 Å². The highest BCUT2D eigenvalue weighted by Crippen LogP contribution is 2.42. The molecule has 0 spiro atoms. The normalized spacial score (nSPS) is 21.6. The molecular weight excluding hydrogens is 767 g/mol. The monoisotopic (exact) mass is 840 g/mol. The highest BCUT2D eigenvalue weighted by atomic mass is 16.5. The second-order valence-electron chi connectivity index (χ2n) is 18.3. The molecular formula is C50H73N5O6. The van der Waals surface area contributed by atoms with E-state index in [0.717, 1.165) is 167 Å². The van der Waals surface area contributed by atoms with Crippen molar-refractivity contribution < 1.29 is 28.5 Å². The summed E-state index contributed by atoms with van der Waals surface area (Å²) in [5.41, 5.74) is 2.12. The van der Waals surface area contributed by atoms with Crippen LogP contribution in [0.2, 0.25) is 0 Å². The number of ether oxygens (including phenoxy) is 5. The van der Waals surface area contributed by atoms with Gasteiger partial charge in [-0.25, -0.2) is 0 Å². The SMILES string of the molecule is CC(C)N1CCC(Oc2ccc(C3(COc4ccncc4)CCOCC3)cc2)CC1.CN1CCN(C(=O)C2(c3ccc(OCCCN4CCOCC4)cc3)CCCCC2)CC1. The predicted molar refractivity (Wildman–Crippen MR) is 241 cm³/mol. The van der Waals surface area contributed by atoms with Crippen LogP contribution in [0.5, 0.6) is 17.2 Å². The van der Waals surface area contributed by atoms with Crippen molar-refractivity contribution in [2.45, 2.75) is 101 Å². The van der Waals surface area contributed by atoms with Crippen LogP contribution in [0.1, 0.15) is 89.2 Å². The van der Waals surface area contributed by atoms with Gasteiger partial charge in [-0.1, -0.05) is 43.5 Å². The summed E-state index contributed by atoms with van der Waals surface area (Å²) >= 11 is 0. The Morgan fingerprint density at radius 3 is 1.97 bits per heavy atom. The van der Waals surface area contributed by atoms with E-state index >= 15 is 0 Å². The van der Waals surface area contributed by atoms with Gasteiger partial charge >= 0.3 is 0 Å². The van der Waals surface area contributed by atoms with E-state index in [1.165, 1.54) is 17.5 Å². The number of carbonyl (C=O) groups is 1. The number of piperidine rings is 1. The van der Waals surface area contributed by atoms with E-state index in [0.29, 0.717) is 24.7 Å². The molecule has 4 saturated heterocycles. The molecule has 2 aromatic carbocycles. The number of likely N-dealkylation sites (tertiary alicyclic amines) is 1. The molecule has 8 rings (SSSR count). The van der Waals surface area contributed by atoms with Crippen LogP contribution in [0, 0.1) is 0 Å². The number of hydrogen-bond donors (Lipinski definition) is 0. The molecule has 3 aromatic rings. The van der Waals surface area contributed by atoms with E-state index in [-0.39, 0.29) is 10.8 Å². The van der Waals surface area contributed by atoms with Gasteiger partial charge in [-0.3, -0.25) is 14.7 Å². The third kappa shape index (κ3) is 12.5. The highest BCUT2D eigenvalue weighted by Gasteiger charge is 2.44. The van der Waals surface area contributed by atoms with Crippen LogP contribution < -0.4 is 14.2 Å². The summed E-state index contributed by atoms with van der Waals surface area (Å²) in [6.45, 7) is 18.1. The second-order valence-corrected chi connectivity index (χ2v) is 18.3. The average molecular weight is 840 g/mol. The Kier molecular flexibility index (Phi) is 16.8. The molecule has 1 aliphatic carbocycles. The van der Waals surface area contributed by atoms with E-state index in [1.807, 2.05) is 12.1 Å². The number of benzene rings is 2. The van der Waals surface area contributed by atoms with Crippen molar-refractivity contribution >= 4 is 5.91 Å². The number of morpholine rings is 1. The maximum absolute atomic E-state index is 13.7. The van der Waals surface area contributed by atoms with Gasteiger partial charge in [0.1, 0.15) is 23.4 Å². The van der Waals surface area contributed by atoms with E-state index in [9.17, 15) is 4.79 Å². The van der Waals surface area contributed by atoms with Crippen molar-refractivity contribution in [2.24, 2.45) is 0 Å². The summed E-state index contributed by atoms with van der Waals surface area (Å²) in [7, 11) is 2.14. The van der Waals surface area contributed by atoms with Crippen molar-refractivity contribution in [3.63, 3.8) is 0 Å². The number of amides is 1. The molecule has 4 aliphatic heterocycles. The van der Waals surface area contributed by atoms with E-state index in [2.05, 4.69) is 94.0 Å². The maximum Gasteiger partial charge on any atom is 0.233 e. The summed E-state index contributed by atoms with van der Waals surface area (Å²) in [6.07, 6.45) is 14.5.